The van der Waals surface area contributed by atoms with Gasteiger partial charge in [0, 0.05) is 57.1 Å². The maximum atomic E-state index is 14.6. The zero-order valence-corrected chi connectivity index (χ0v) is 73.1. The van der Waals surface area contributed by atoms with E-state index in [1.54, 1.807) is 81.4 Å². The van der Waals surface area contributed by atoms with Gasteiger partial charge < -0.3 is 145 Å². The van der Waals surface area contributed by atoms with Crippen LogP contribution in [0, 0.1) is 38.9 Å². The van der Waals surface area contributed by atoms with E-state index in [1.165, 1.54) is 13.8 Å². The number of carboxylic acid groups (broad SMARTS) is 1. The number of carbonyl (C=O) groups excluding carboxylic acids is 15. The SMILES string of the molecule is CC[C@H](C)[C@H](NC(=O)[C@H](CCCNC(=N)N)NC(=O)CNC(=O)CNC(=O)[C@H](Cc1ccccc1)NC(=O)[C@@H](C)NC(=O)[C@H](CS)NC(=O)[C@H](CCCNC(=N)N)NC(=O)[C@@H](N)CCCNC(=N)N)C(=O)N[C@@H](CC(=O)O)C(=O)N[C@@H](CCCNC(=N)N)C(=O)N[C@H](C(=O)N[C@@H](CS)C(=O)N[C@@H](Cc1ccccc1)C(=O)N[C@H](C=O)CCCNC(=N)N)[C@@H](C)CC. The van der Waals surface area contributed by atoms with Gasteiger partial charge in [-0.15, -0.1) is 0 Å². The predicted octanol–water partition coefficient (Wildman–Crippen LogP) is -8.19. The van der Waals surface area contributed by atoms with Gasteiger partial charge in [0.2, 0.25) is 82.7 Å². The second-order valence-electron chi connectivity index (χ2n) is 29.6. The Bertz CT molecular complexity index is 3990. The lowest BCUT2D eigenvalue weighted by Gasteiger charge is -2.30. The van der Waals surface area contributed by atoms with Crippen molar-refractivity contribution in [2.24, 2.45) is 46.2 Å². The van der Waals surface area contributed by atoms with Crippen molar-refractivity contribution < 1.29 is 81.8 Å². The standard InChI is InChI=1S/C77H128N30O17S2/c1-6-41(3)59(71(123)103-53(35-58(111)112)68(120)100-50(27-18-32-93-77(87)88)66(118)107-60(42(4)7-2)72(124)105-55(40-126)70(122)102-52(34-45-21-12-9-13-22-45)67(119)97-46(38-108)23-14-28-89-73(79)80)106-65(117)48(25-16-30-91-75(83)84)98-57(110)37-94-56(109)36-95-63(115)51(33-44-19-10-8-11-20-44)101-61(113)43(5)96-69(121)54(39-125)104-64(116)49(26-17-31-92-76(85)86)99-62(114)47(78)24-15-29-90-74(81)82/h8-13,19-22,38,41-43,46-55,59-60,125-126H,6-7,14-18,23-37,39-40,78H2,1-5H3,(H,94,109)(H,95,115)(H,96,121)(H,97,119)(H,98,110)(H,99,114)(H,100,120)(H,101,113)(H,102,122)(H,103,123)(H,104,116)(H,105,124)(H,106,117)(H,107,118)(H,111,112)(H4,79,80,89)(H4,81,82,90)(H4,83,84,91)(H4,85,86,92)(H4,87,88,93)/t41-,42-,43+,46-,47-,48-,49-,50-,51-,52-,53-,54-,55-,59-,60-/m0/s1. The quantitative estimate of drug-likeness (QED) is 0.00961. The number of aldehydes is 1. The summed E-state index contributed by atoms with van der Waals surface area (Å²) in [6, 6.07) is -1.63. The van der Waals surface area contributed by atoms with E-state index in [-0.39, 0.29) is 139 Å². The number of guanidine groups is 5. The Morgan fingerprint density at radius 2 is 0.690 bits per heavy atom. The Morgan fingerprint density at radius 3 is 1.10 bits per heavy atom. The first-order valence-corrected chi connectivity index (χ1v) is 42.2. The van der Waals surface area contributed by atoms with Gasteiger partial charge in [0.1, 0.15) is 72.7 Å². The molecule has 14 amide bonds. The maximum Gasteiger partial charge on any atom is 0.305 e. The predicted molar refractivity (Wildman–Crippen MR) is 474 cm³/mol. The molecule has 0 aliphatic heterocycles. The van der Waals surface area contributed by atoms with Crippen molar-refractivity contribution in [3.8, 4) is 0 Å². The average Bonchev–Trinajstić information content (AvgIpc) is 0.862. The van der Waals surface area contributed by atoms with Crippen LogP contribution in [-0.2, 0) is 89.6 Å². The summed E-state index contributed by atoms with van der Waals surface area (Å²) >= 11 is 8.56. The number of nitrogens with two attached hydrogens (primary N) is 6. The van der Waals surface area contributed by atoms with E-state index in [0.717, 1.165) is 0 Å². The minimum Gasteiger partial charge on any atom is -0.481 e. The minimum atomic E-state index is -1.99. The molecule has 0 fully saturated rings. The molecule has 0 saturated heterocycles. The number of carbonyl (C=O) groups is 16. The normalized spacial score (nSPS) is 14.4. The van der Waals surface area contributed by atoms with E-state index in [1.807, 2.05) is 0 Å². The van der Waals surface area contributed by atoms with Gasteiger partial charge in [-0.25, -0.2) is 0 Å². The number of rotatable bonds is 61. The summed E-state index contributed by atoms with van der Waals surface area (Å²) in [6.45, 7) is 6.69. The number of hydrogen-bond donors (Lipinski definition) is 33. The molecule has 2 aromatic carbocycles. The monoisotopic (exact) mass is 1810 g/mol. The molecule has 0 heterocycles. The van der Waals surface area contributed by atoms with Crippen LogP contribution in [0.1, 0.15) is 129 Å². The zero-order chi connectivity index (χ0) is 94.5. The van der Waals surface area contributed by atoms with Gasteiger partial charge in [0.25, 0.3) is 0 Å². The van der Waals surface area contributed by atoms with Crippen molar-refractivity contribution >= 4 is 150 Å². The van der Waals surface area contributed by atoms with Gasteiger partial charge in [-0.2, -0.15) is 25.3 Å². The largest absolute Gasteiger partial charge is 0.481 e. The van der Waals surface area contributed by atoms with Gasteiger partial charge in [-0.3, -0.25) is 99.0 Å². The number of hydrogen-bond acceptors (Lipinski definition) is 24. The van der Waals surface area contributed by atoms with E-state index in [2.05, 4.69) is 126 Å². The molecular formula is C77H128N30O17S2. The summed E-state index contributed by atoms with van der Waals surface area (Å²) in [7, 11) is 0. The molecule has 2 aromatic rings. The van der Waals surface area contributed by atoms with Crippen molar-refractivity contribution in [1.29, 1.82) is 27.0 Å². The van der Waals surface area contributed by atoms with E-state index in [0.29, 0.717) is 30.3 Å². The van der Waals surface area contributed by atoms with E-state index < -0.39 is 210 Å². The van der Waals surface area contributed by atoms with Crippen molar-refractivity contribution in [2.45, 2.75) is 209 Å². The Hall–Kier alpha value is -12.8. The minimum absolute atomic E-state index is 0.00453. The van der Waals surface area contributed by atoms with Crippen molar-refractivity contribution in [3.05, 3.63) is 71.8 Å². The summed E-state index contributed by atoms with van der Waals surface area (Å²) in [5.74, 6) is -18.6. The van der Waals surface area contributed by atoms with Crippen LogP contribution >= 0.6 is 25.3 Å². The smallest absolute Gasteiger partial charge is 0.305 e. The Balaban J connectivity index is 2.37. The molecular weight excluding hydrogens is 1680 g/mol. The summed E-state index contributed by atoms with van der Waals surface area (Å²) in [5, 5.41) is 95.6. The van der Waals surface area contributed by atoms with Crippen molar-refractivity contribution in [3.63, 3.8) is 0 Å². The number of amides is 14. The fourth-order valence-corrected chi connectivity index (χ4v) is 12.5. The van der Waals surface area contributed by atoms with Crippen LogP contribution in [0.25, 0.3) is 0 Å². The van der Waals surface area contributed by atoms with Gasteiger partial charge in [-0.1, -0.05) is 101 Å². The third kappa shape index (κ3) is 44.5. The first kappa shape index (κ1) is 109. The molecule has 0 spiro atoms. The molecule has 0 aliphatic rings. The fraction of sp³-hybridized carbons (Fsp3) is 0.571. The van der Waals surface area contributed by atoms with Crippen LogP contribution in [0.3, 0.4) is 0 Å². The van der Waals surface area contributed by atoms with Crippen LogP contribution in [0.5, 0.6) is 0 Å². The van der Waals surface area contributed by atoms with E-state index in [4.69, 9.17) is 61.4 Å². The molecule has 126 heavy (non-hydrogen) atoms. The number of carboxylic acids is 1. The van der Waals surface area contributed by atoms with Gasteiger partial charge in [0.05, 0.1) is 31.6 Å². The highest BCUT2D eigenvalue weighted by Gasteiger charge is 2.39. The third-order valence-corrected chi connectivity index (χ3v) is 20.1. The second kappa shape index (κ2) is 59.9. The van der Waals surface area contributed by atoms with Crippen LogP contribution in [0.15, 0.2) is 60.7 Å². The molecule has 2 rings (SSSR count). The number of aliphatic carboxylic acids is 1. The second-order valence-corrected chi connectivity index (χ2v) is 30.4. The van der Waals surface area contributed by atoms with Crippen molar-refractivity contribution in [1.82, 2.24) is 101 Å². The van der Waals surface area contributed by atoms with Gasteiger partial charge >= 0.3 is 5.97 Å². The van der Waals surface area contributed by atoms with Crippen LogP contribution < -0.4 is 135 Å². The molecule has 37 N–H and O–H groups in total. The number of nitrogens with one attached hydrogen (secondary N) is 24. The molecule has 0 aromatic heterocycles. The topological polar surface area (TPSA) is 797 Å². The highest BCUT2D eigenvalue weighted by atomic mass is 32.1. The molecule has 0 radical (unpaired) electrons. The molecule has 0 unspecified atom stereocenters. The molecule has 49 heteroatoms. The Morgan fingerprint density at radius 1 is 0.365 bits per heavy atom. The summed E-state index contributed by atoms with van der Waals surface area (Å²) < 4.78 is 0. The van der Waals surface area contributed by atoms with Crippen LogP contribution in [0.4, 0.5) is 0 Å². The lowest BCUT2D eigenvalue weighted by atomic mass is 9.96. The molecule has 0 aliphatic carbocycles. The summed E-state index contributed by atoms with van der Waals surface area (Å²) in [6.07, 6.45) is 0.290. The molecule has 700 valence electrons. The van der Waals surface area contributed by atoms with Crippen LogP contribution in [-0.4, -0.2) is 266 Å². The Labute approximate surface area is 741 Å². The van der Waals surface area contributed by atoms with E-state index in [9.17, 15) is 81.8 Å². The number of benzene rings is 2. The Kier molecular flexibility index (Phi) is 51.9. The highest BCUT2D eigenvalue weighted by molar-refractivity contribution is 7.80. The first-order chi connectivity index (χ1) is 59.7. The summed E-state index contributed by atoms with van der Waals surface area (Å²) in [5.41, 5.74) is 34.3. The lowest BCUT2D eigenvalue weighted by Crippen LogP contribution is -2.62. The summed E-state index contributed by atoms with van der Waals surface area (Å²) in [4.78, 5) is 220. The third-order valence-electron chi connectivity index (χ3n) is 19.4. The fourth-order valence-electron chi connectivity index (χ4n) is 11.9. The first-order valence-electron chi connectivity index (χ1n) is 41.0. The molecule has 0 bridgehead atoms. The molecule has 15 atom stereocenters. The van der Waals surface area contributed by atoms with E-state index >= 15 is 0 Å². The molecule has 47 nitrogen and oxygen atoms in total. The number of thiol groups is 2. The lowest BCUT2D eigenvalue weighted by molar-refractivity contribution is -0.142. The van der Waals surface area contributed by atoms with Crippen molar-refractivity contribution in [2.75, 3.05) is 57.3 Å². The highest BCUT2D eigenvalue weighted by Crippen LogP contribution is 2.15. The maximum absolute atomic E-state index is 14.6. The zero-order valence-electron chi connectivity index (χ0n) is 71.3. The van der Waals surface area contributed by atoms with Crippen LogP contribution in [0.2, 0.25) is 0 Å². The molecule has 0 saturated carbocycles. The average molecular weight is 1810 g/mol. The van der Waals surface area contributed by atoms with Gasteiger partial charge in [0.15, 0.2) is 29.8 Å². The van der Waals surface area contributed by atoms with Gasteiger partial charge in [-0.05, 0) is 94.1 Å².